The van der Waals surface area contributed by atoms with Gasteiger partial charge in [0.1, 0.15) is 5.75 Å². The average molecular weight is 470 g/mol. The first-order chi connectivity index (χ1) is 17.0. The maximum atomic E-state index is 7.25. The van der Waals surface area contributed by atoms with Gasteiger partial charge in [-0.2, -0.15) is 0 Å². The van der Waals surface area contributed by atoms with Gasteiger partial charge in [0.2, 0.25) is 0 Å². The summed E-state index contributed by atoms with van der Waals surface area (Å²) in [5.74, 6) is 2.03. The number of fused-ring (bicyclic) bond motifs is 3. The number of benzene rings is 3. The van der Waals surface area contributed by atoms with E-state index < -0.39 is 0 Å². The SMILES string of the molecule is COc1ccc(C(C)C)cc1CNC1(C(c2ccccc2)c2ccccc2)C(N)C2CCN1CC2. The van der Waals surface area contributed by atoms with Crippen LogP contribution in [0.2, 0.25) is 0 Å². The Morgan fingerprint density at radius 3 is 2.03 bits per heavy atom. The van der Waals surface area contributed by atoms with Gasteiger partial charge in [-0.3, -0.25) is 10.2 Å². The Bertz CT molecular complexity index is 1070. The van der Waals surface area contributed by atoms with Gasteiger partial charge in [0, 0.05) is 37.2 Å². The monoisotopic (exact) mass is 469 g/mol. The summed E-state index contributed by atoms with van der Waals surface area (Å²) in [6.45, 7) is 7.33. The fourth-order valence-electron chi connectivity index (χ4n) is 6.43. The zero-order valence-electron chi connectivity index (χ0n) is 21.3. The van der Waals surface area contributed by atoms with E-state index in [0.29, 0.717) is 18.4 Å². The number of piperidine rings is 3. The summed E-state index contributed by atoms with van der Waals surface area (Å²) in [7, 11) is 1.76. The van der Waals surface area contributed by atoms with Crippen molar-refractivity contribution < 1.29 is 4.74 Å². The molecule has 3 saturated heterocycles. The third-order valence-electron chi connectivity index (χ3n) is 8.32. The Morgan fingerprint density at radius 1 is 0.914 bits per heavy atom. The highest BCUT2D eigenvalue weighted by Gasteiger charge is 2.56. The van der Waals surface area contributed by atoms with Crippen LogP contribution in [0.4, 0.5) is 0 Å². The van der Waals surface area contributed by atoms with Crippen molar-refractivity contribution in [3.05, 3.63) is 101 Å². The summed E-state index contributed by atoms with van der Waals surface area (Å²) in [6, 6.07) is 28.4. The lowest BCUT2D eigenvalue weighted by Crippen LogP contribution is -2.78. The molecule has 4 nitrogen and oxygen atoms in total. The molecule has 3 heterocycles. The summed E-state index contributed by atoms with van der Waals surface area (Å²) < 4.78 is 5.79. The Kier molecular flexibility index (Phi) is 6.97. The Hall–Kier alpha value is -2.66. The minimum atomic E-state index is -0.386. The van der Waals surface area contributed by atoms with Crippen LogP contribution in [0.5, 0.6) is 5.75 Å². The first-order valence-corrected chi connectivity index (χ1v) is 13.1. The lowest BCUT2D eigenvalue weighted by atomic mass is 9.66. The molecular formula is C31H39N3O. The second kappa shape index (κ2) is 10.1. The molecule has 0 radical (unpaired) electrons. The van der Waals surface area contributed by atoms with Gasteiger partial charge in [-0.05, 0) is 47.4 Å². The molecule has 3 aromatic rings. The van der Waals surface area contributed by atoms with Crippen LogP contribution in [0.15, 0.2) is 78.9 Å². The summed E-state index contributed by atoms with van der Waals surface area (Å²) in [5.41, 5.74) is 12.0. The van der Waals surface area contributed by atoms with Crippen molar-refractivity contribution in [2.24, 2.45) is 11.7 Å². The molecule has 3 aliphatic rings. The van der Waals surface area contributed by atoms with Crippen molar-refractivity contribution in [2.45, 2.75) is 56.8 Å². The highest BCUT2D eigenvalue weighted by molar-refractivity contribution is 5.41. The van der Waals surface area contributed by atoms with Crippen molar-refractivity contribution in [1.29, 1.82) is 0 Å². The van der Waals surface area contributed by atoms with E-state index in [2.05, 4.69) is 103 Å². The molecule has 35 heavy (non-hydrogen) atoms. The van der Waals surface area contributed by atoms with Gasteiger partial charge in [-0.15, -0.1) is 0 Å². The van der Waals surface area contributed by atoms with Crippen molar-refractivity contribution in [3.63, 3.8) is 0 Å². The second-order valence-corrected chi connectivity index (χ2v) is 10.5. The number of nitrogens with one attached hydrogen (secondary N) is 1. The molecule has 3 aliphatic heterocycles. The molecule has 2 atom stereocenters. The van der Waals surface area contributed by atoms with Crippen molar-refractivity contribution in [1.82, 2.24) is 10.2 Å². The van der Waals surface area contributed by atoms with Crippen LogP contribution in [-0.2, 0) is 6.54 Å². The van der Waals surface area contributed by atoms with Gasteiger partial charge in [-0.25, -0.2) is 0 Å². The zero-order valence-corrected chi connectivity index (χ0v) is 21.3. The van der Waals surface area contributed by atoms with Crippen LogP contribution in [0.3, 0.4) is 0 Å². The van der Waals surface area contributed by atoms with Gasteiger partial charge in [-0.1, -0.05) is 86.6 Å². The first kappa shape index (κ1) is 24.1. The molecule has 184 valence electrons. The maximum absolute atomic E-state index is 7.25. The molecule has 0 aliphatic carbocycles. The predicted octanol–water partition coefficient (Wildman–Crippen LogP) is 5.49. The fourth-order valence-corrected chi connectivity index (χ4v) is 6.43. The maximum Gasteiger partial charge on any atom is 0.123 e. The smallest absolute Gasteiger partial charge is 0.123 e. The molecule has 3 aromatic carbocycles. The van der Waals surface area contributed by atoms with E-state index in [-0.39, 0.29) is 17.6 Å². The number of ether oxygens (including phenoxy) is 1. The third kappa shape index (κ3) is 4.40. The van der Waals surface area contributed by atoms with E-state index in [1.807, 2.05) is 0 Å². The number of hydrogen-bond donors (Lipinski definition) is 2. The first-order valence-electron chi connectivity index (χ1n) is 13.1. The number of nitrogens with two attached hydrogens (primary N) is 1. The van der Waals surface area contributed by atoms with Gasteiger partial charge in [0.25, 0.3) is 0 Å². The largest absolute Gasteiger partial charge is 0.496 e. The summed E-state index contributed by atoms with van der Waals surface area (Å²) >= 11 is 0. The Labute approximate surface area is 210 Å². The molecular weight excluding hydrogens is 430 g/mol. The van der Waals surface area contributed by atoms with Crippen LogP contribution >= 0.6 is 0 Å². The van der Waals surface area contributed by atoms with E-state index >= 15 is 0 Å². The lowest BCUT2D eigenvalue weighted by molar-refractivity contribution is -0.0813. The van der Waals surface area contributed by atoms with Gasteiger partial charge >= 0.3 is 0 Å². The van der Waals surface area contributed by atoms with E-state index in [9.17, 15) is 0 Å². The molecule has 3 N–H and O–H groups in total. The van der Waals surface area contributed by atoms with Crippen LogP contribution in [-0.4, -0.2) is 36.8 Å². The number of nitrogens with zero attached hydrogens (tertiary/aromatic N) is 1. The molecule has 0 aromatic heterocycles. The average Bonchev–Trinajstić information content (AvgIpc) is 2.91. The molecule has 0 amide bonds. The van der Waals surface area contributed by atoms with E-state index in [1.165, 1.54) is 35.1 Å². The summed E-state index contributed by atoms with van der Waals surface area (Å²) in [6.07, 6.45) is 2.35. The molecule has 6 rings (SSSR count). The predicted molar refractivity (Wildman–Crippen MR) is 144 cm³/mol. The van der Waals surface area contributed by atoms with Crippen LogP contribution in [0.1, 0.15) is 60.8 Å². The van der Waals surface area contributed by atoms with Crippen LogP contribution < -0.4 is 15.8 Å². The molecule has 3 fully saturated rings. The molecule has 2 unspecified atom stereocenters. The normalized spacial score (nSPS) is 25.8. The van der Waals surface area contributed by atoms with Crippen molar-refractivity contribution >= 4 is 0 Å². The summed E-state index contributed by atoms with van der Waals surface area (Å²) in [4.78, 5) is 2.64. The topological polar surface area (TPSA) is 50.5 Å². The van der Waals surface area contributed by atoms with Crippen molar-refractivity contribution in [2.75, 3.05) is 20.2 Å². The minimum absolute atomic E-state index is 0.0229. The highest BCUT2D eigenvalue weighted by Crippen LogP contribution is 2.47. The third-order valence-corrected chi connectivity index (χ3v) is 8.32. The molecule has 0 saturated carbocycles. The zero-order chi connectivity index (χ0) is 24.4. The van der Waals surface area contributed by atoms with Crippen molar-refractivity contribution in [3.8, 4) is 5.75 Å². The Morgan fingerprint density at radius 2 is 1.51 bits per heavy atom. The minimum Gasteiger partial charge on any atom is -0.496 e. The number of hydrogen-bond acceptors (Lipinski definition) is 4. The van der Waals surface area contributed by atoms with Gasteiger partial charge in [0.05, 0.1) is 12.8 Å². The molecule has 4 heteroatoms. The van der Waals surface area contributed by atoms with Crippen LogP contribution in [0.25, 0.3) is 0 Å². The highest BCUT2D eigenvalue weighted by atomic mass is 16.5. The lowest BCUT2D eigenvalue weighted by Gasteiger charge is -2.61. The number of methoxy groups -OCH3 is 1. The number of rotatable bonds is 8. The van der Waals surface area contributed by atoms with E-state index in [1.54, 1.807) is 7.11 Å². The van der Waals surface area contributed by atoms with Crippen LogP contribution in [0, 0.1) is 5.92 Å². The van der Waals surface area contributed by atoms with E-state index in [0.717, 1.165) is 18.8 Å². The van der Waals surface area contributed by atoms with Gasteiger partial charge < -0.3 is 10.5 Å². The standard InChI is InChI=1S/C31H39N3O/c1-22(2)26-14-15-28(35-3)27(20-26)21-33-31(30(32)25-16-18-34(31)19-17-25)29(23-10-6-4-7-11-23)24-12-8-5-9-13-24/h4-15,20,22,25,29-30,33H,16-19,21,32H2,1-3H3. The van der Waals surface area contributed by atoms with E-state index in [4.69, 9.17) is 10.5 Å². The van der Waals surface area contributed by atoms with Gasteiger partial charge in [0.15, 0.2) is 0 Å². The Balaban J connectivity index is 1.62. The second-order valence-electron chi connectivity index (χ2n) is 10.5. The molecule has 2 bridgehead atoms. The fraction of sp³-hybridized carbons (Fsp3) is 0.419. The molecule has 0 spiro atoms. The summed E-state index contributed by atoms with van der Waals surface area (Å²) in [5, 5.41) is 4.09. The quantitative estimate of drug-likeness (QED) is 0.458.